The fourth-order valence-corrected chi connectivity index (χ4v) is 2.65. The third-order valence-corrected chi connectivity index (χ3v) is 3.60. The molecule has 1 aliphatic heterocycles. The Morgan fingerprint density at radius 2 is 2.29 bits per heavy atom. The number of nitrogens with one attached hydrogen (secondary N) is 1. The van der Waals surface area contributed by atoms with E-state index in [1.165, 1.54) is 5.56 Å². The molecule has 1 aromatic rings. The fourth-order valence-electron chi connectivity index (χ4n) is 2.65. The molecular formula is C13H21N3O. The van der Waals surface area contributed by atoms with Crippen molar-refractivity contribution in [3.8, 4) is 0 Å². The molecule has 3 unspecified atom stereocenters. The number of ether oxygens (including phenoxy) is 1. The summed E-state index contributed by atoms with van der Waals surface area (Å²) >= 11 is 0. The van der Waals surface area contributed by atoms with Crippen molar-refractivity contribution in [2.45, 2.75) is 38.3 Å². The van der Waals surface area contributed by atoms with E-state index < -0.39 is 0 Å². The molecule has 1 fully saturated rings. The van der Waals surface area contributed by atoms with Gasteiger partial charge in [-0.1, -0.05) is 6.92 Å². The van der Waals surface area contributed by atoms with Crippen molar-refractivity contribution in [2.75, 3.05) is 6.61 Å². The van der Waals surface area contributed by atoms with Gasteiger partial charge in [0.2, 0.25) is 0 Å². The Hall–Kier alpha value is -0.970. The minimum atomic E-state index is 0.282. The van der Waals surface area contributed by atoms with E-state index in [0.717, 1.165) is 25.9 Å². The van der Waals surface area contributed by atoms with Crippen molar-refractivity contribution in [1.29, 1.82) is 0 Å². The SMILES string of the molecule is CCC1OCCC1C(Cc1ccncc1)NN. The number of nitrogens with two attached hydrogens (primary N) is 1. The summed E-state index contributed by atoms with van der Waals surface area (Å²) in [5.41, 5.74) is 4.22. The Balaban J connectivity index is 2.01. The molecule has 0 amide bonds. The van der Waals surface area contributed by atoms with Crippen LogP contribution in [0.1, 0.15) is 25.3 Å². The lowest BCUT2D eigenvalue weighted by molar-refractivity contribution is 0.0775. The van der Waals surface area contributed by atoms with E-state index in [0.29, 0.717) is 12.0 Å². The van der Waals surface area contributed by atoms with Crippen LogP contribution in [0.2, 0.25) is 0 Å². The minimum absolute atomic E-state index is 0.282. The van der Waals surface area contributed by atoms with E-state index in [2.05, 4.69) is 17.3 Å². The van der Waals surface area contributed by atoms with Gasteiger partial charge in [0.05, 0.1) is 6.10 Å². The molecule has 3 atom stereocenters. The molecule has 94 valence electrons. The largest absolute Gasteiger partial charge is 0.378 e. The monoisotopic (exact) mass is 235 g/mol. The molecule has 3 N–H and O–H groups in total. The summed E-state index contributed by atoms with van der Waals surface area (Å²) in [6.07, 6.45) is 7.08. The predicted molar refractivity (Wildman–Crippen MR) is 67.2 cm³/mol. The van der Waals surface area contributed by atoms with Gasteiger partial charge < -0.3 is 4.74 Å². The van der Waals surface area contributed by atoms with Gasteiger partial charge in [-0.15, -0.1) is 0 Å². The standard InChI is InChI=1S/C13H21N3O/c1-2-13-11(5-8-17-13)12(16-14)9-10-3-6-15-7-4-10/h3-4,6-7,11-13,16H,2,5,8-9,14H2,1H3. The molecule has 1 aliphatic rings. The van der Waals surface area contributed by atoms with Crippen molar-refractivity contribution in [3.63, 3.8) is 0 Å². The van der Waals surface area contributed by atoms with Crippen molar-refractivity contribution >= 4 is 0 Å². The molecule has 4 nitrogen and oxygen atoms in total. The summed E-state index contributed by atoms with van der Waals surface area (Å²) in [7, 11) is 0. The lowest BCUT2D eigenvalue weighted by atomic mass is 9.88. The van der Waals surface area contributed by atoms with Crippen LogP contribution >= 0.6 is 0 Å². The fraction of sp³-hybridized carbons (Fsp3) is 0.615. The number of hydrazine groups is 1. The number of nitrogens with zero attached hydrogens (tertiary/aromatic N) is 1. The number of pyridine rings is 1. The molecule has 0 saturated carbocycles. The van der Waals surface area contributed by atoms with Crippen LogP contribution in [0, 0.1) is 5.92 Å². The Bertz CT molecular complexity index is 331. The molecule has 1 saturated heterocycles. The molecule has 0 aromatic carbocycles. The van der Waals surface area contributed by atoms with E-state index in [9.17, 15) is 0 Å². The van der Waals surface area contributed by atoms with E-state index in [-0.39, 0.29) is 6.04 Å². The molecule has 0 spiro atoms. The van der Waals surface area contributed by atoms with E-state index >= 15 is 0 Å². The Labute approximate surface area is 103 Å². The first-order valence-corrected chi connectivity index (χ1v) is 6.31. The average molecular weight is 235 g/mol. The smallest absolute Gasteiger partial charge is 0.0617 e. The highest BCUT2D eigenvalue weighted by Crippen LogP contribution is 2.27. The summed E-state index contributed by atoms with van der Waals surface area (Å²) in [6, 6.07) is 4.37. The maximum atomic E-state index is 5.73. The van der Waals surface area contributed by atoms with Crippen LogP contribution in [0.4, 0.5) is 0 Å². The van der Waals surface area contributed by atoms with Crippen molar-refractivity contribution in [2.24, 2.45) is 11.8 Å². The Morgan fingerprint density at radius 3 is 2.94 bits per heavy atom. The average Bonchev–Trinajstić information content (AvgIpc) is 2.85. The normalized spacial score (nSPS) is 26.0. The highest BCUT2D eigenvalue weighted by molar-refractivity contribution is 5.12. The molecule has 1 aromatic heterocycles. The summed E-state index contributed by atoms with van der Waals surface area (Å²) in [5, 5.41) is 0. The number of aromatic nitrogens is 1. The van der Waals surface area contributed by atoms with Crippen LogP contribution < -0.4 is 11.3 Å². The number of hydrogen-bond donors (Lipinski definition) is 2. The lowest BCUT2D eigenvalue weighted by Crippen LogP contribution is -2.45. The van der Waals surface area contributed by atoms with Gasteiger partial charge in [-0.2, -0.15) is 0 Å². The first-order valence-electron chi connectivity index (χ1n) is 6.31. The lowest BCUT2D eigenvalue weighted by Gasteiger charge is -2.26. The van der Waals surface area contributed by atoms with Crippen LogP contribution in [-0.2, 0) is 11.2 Å². The van der Waals surface area contributed by atoms with Gasteiger partial charge in [-0.05, 0) is 37.0 Å². The van der Waals surface area contributed by atoms with Crippen LogP contribution in [0.15, 0.2) is 24.5 Å². The number of hydrogen-bond acceptors (Lipinski definition) is 4. The molecule has 0 bridgehead atoms. The third kappa shape index (κ3) is 3.03. The van der Waals surface area contributed by atoms with Gasteiger partial charge >= 0.3 is 0 Å². The molecule has 2 heterocycles. The Morgan fingerprint density at radius 1 is 1.53 bits per heavy atom. The van der Waals surface area contributed by atoms with Gasteiger partial charge in [0.25, 0.3) is 0 Å². The Kier molecular flexibility index (Phi) is 4.48. The molecule has 2 rings (SSSR count). The van der Waals surface area contributed by atoms with Crippen molar-refractivity contribution in [3.05, 3.63) is 30.1 Å². The zero-order valence-electron chi connectivity index (χ0n) is 10.3. The van der Waals surface area contributed by atoms with E-state index in [1.807, 2.05) is 24.5 Å². The van der Waals surface area contributed by atoms with Crippen LogP contribution in [0.3, 0.4) is 0 Å². The zero-order chi connectivity index (χ0) is 12.1. The molecule has 0 aliphatic carbocycles. The third-order valence-electron chi connectivity index (χ3n) is 3.60. The summed E-state index contributed by atoms with van der Waals surface area (Å²) < 4.78 is 5.73. The maximum absolute atomic E-state index is 5.73. The summed E-state index contributed by atoms with van der Waals surface area (Å²) in [6.45, 7) is 3.03. The molecule has 17 heavy (non-hydrogen) atoms. The van der Waals surface area contributed by atoms with Gasteiger partial charge in [0.1, 0.15) is 0 Å². The highest BCUT2D eigenvalue weighted by Gasteiger charge is 2.32. The van der Waals surface area contributed by atoms with Crippen molar-refractivity contribution in [1.82, 2.24) is 10.4 Å². The summed E-state index contributed by atoms with van der Waals surface area (Å²) in [4.78, 5) is 4.03. The van der Waals surface area contributed by atoms with Gasteiger partial charge in [0, 0.05) is 31.0 Å². The molecular weight excluding hydrogens is 214 g/mol. The zero-order valence-corrected chi connectivity index (χ0v) is 10.3. The van der Waals surface area contributed by atoms with Crippen LogP contribution in [-0.4, -0.2) is 23.7 Å². The minimum Gasteiger partial charge on any atom is -0.378 e. The van der Waals surface area contributed by atoms with Gasteiger partial charge in [0.15, 0.2) is 0 Å². The van der Waals surface area contributed by atoms with Crippen LogP contribution in [0.25, 0.3) is 0 Å². The quantitative estimate of drug-likeness (QED) is 0.596. The second-order valence-electron chi connectivity index (χ2n) is 4.60. The first-order chi connectivity index (χ1) is 8.35. The van der Waals surface area contributed by atoms with E-state index in [4.69, 9.17) is 10.6 Å². The molecule has 0 radical (unpaired) electrons. The maximum Gasteiger partial charge on any atom is 0.0617 e. The second kappa shape index (κ2) is 6.10. The molecule has 4 heteroatoms. The summed E-state index contributed by atoms with van der Waals surface area (Å²) in [5.74, 6) is 6.21. The highest BCUT2D eigenvalue weighted by atomic mass is 16.5. The number of rotatable bonds is 5. The topological polar surface area (TPSA) is 60.2 Å². The van der Waals surface area contributed by atoms with Crippen LogP contribution in [0.5, 0.6) is 0 Å². The van der Waals surface area contributed by atoms with Gasteiger partial charge in [-0.25, -0.2) is 0 Å². The van der Waals surface area contributed by atoms with Gasteiger partial charge in [-0.3, -0.25) is 16.3 Å². The second-order valence-corrected chi connectivity index (χ2v) is 4.60. The first kappa shape index (κ1) is 12.5. The predicted octanol–water partition coefficient (Wildman–Crippen LogP) is 1.27. The van der Waals surface area contributed by atoms with Crippen molar-refractivity contribution < 1.29 is 4.74 Å². The van der Waals surface area contributed by atoms with E-state index in [1.54, 1.807) is 0 Å².